The number of nitrogens with two attached hydrogens (primary N) is 1. The molecule has 1 saturated heterocycles. The molecule has 3 amide bonds. The molecule has 0 radical (unpaired) electrons. The summed E-state index contributed by atoms with van der Waals surface area (Å²) < 4.78 is 11.6. The van der Waals surface area contributed by atoms with Crippen molar-refractivity contribution in [1.82, 2.24) is 15.2 Å². The second-order valence-corrected chi connectivity index (χ2v) is 6.55. The highest BCUT2D eigenvalue weighted by molar-refractivity contribution is 6.01. The van der Waals surface area contributed by atoms with Crippen LogP contribution in [0.25, 0.3) is 10.8 Å². The van der Waals surface area contributed by atoms with Gasteiger partial charge in [0.25, 0.3) is 5.91 Å². The maximum Gasteiger partial charge on any atom is 0.317 e. The normalized spacial score (nSPS) is 16.8. The predicted molar refractivity (Wildman–Crippen MR) is 96.5 cm³/mol. The number of carbonyl (C=O) groups excluding carboxylic acids is 2. The monoisotopic (exact) mass is 358 g/mol. The standard InChI is InChI=1S/C18H22N4O4/c1-10(2)26-15-7-13-11(6-14(15)16(19)23)4-5-20-17(13)25-9-12-8-22(3)18(24)21-12/h4-7,10,12H,8-9H2,1-3H3,(H2,19,23)(H,21,24). The minimum atomic E-state index is -0.557. The van der Waals surface area contributed by atoms with E-state index in [0.717, 1.165) is 5.39 Å². The van der Waals surface area contributed by atoms with Gasteiger partial charge in [-0.15, -0.1) is 0 Å². The predicted octanol–water partition coefficient (Wildman–Crippen LogP) is 1.52. The van der Waals surface area contributed by atoms with Gasteiger partial charge in [0, 0.05) is 25.2 Å². The zero-order chi connectivity index (χ0) is 18.8. The molecule has 8 nitrogen and oxygen atoms in total. The van der Waals surface area contributed by atoms with Crippen LogP contribution >= 0.6 is 0 Å². The summed E-state index contributed by atoms with van der Waals surface area (Å²) in [5, 5.41) is 4.32. The summed E-state index contributed by atoms with van der Waals surface area (Å²) in [4.78, 5) is 29.2. The zero-order valence-corrected chi connectivity index (χ0v) is 15.0. The lowest BCUT2D eigenvalue weighted by Gasteiger charge is -2.16. The highest BCUT2D eigenvalue weighted by atomic mass is 16.5. The van der Waals surface area contributed by atoms with Crippen molar-refractivity contribution in [2.75, 3.05) is 20.2 Å². The van der Waals surface area contributed by atoms with E-state index in [1.54, 1.807) is 36.3 Å². The SMILES string of the molecule is CC(C)Oc1cc2c(OCC3CN(C)C(=O)N3)nccc2cc1C(N)=O. The van der Waals surface area contributed by atoms with Gasteiger partial charge in [0.05, 0.1) is 17.7 Å². The number of pyridine rings is 1. The Morgan fingerprint density at radius 1 is 1.46 bits per heavy atom. The molecule has 2 heterocycles. The van der Waals surface area contributed by atoms with E-state index in [-0.39, 0.29) is 18.2 Å². The topological polar surface area (TPSA) is 107 Å². The number of carbonyl (C=O) groups is 2. The van der Waals surface area contributed by atoms with Crippen molar-refractivity contribution in [1.29, 1.82) is 0 Å². The molecule has 0 bridgehead atoms. The highest BCUT2D eigenvalue weighted by Gasteiger charge is 2.26. The van der Waals surface area contributed by atoms with Crippen molar-refractivity contribution in [2.24, 2.45) is 5.73 Å². The van der Waals surface area contributed by atoms with Gasteiger partial charge in [-0.3, -0.25) is 4.79 Å². The van der Waals surface area contributed by atoms with E-state index in [1.165, 1.54) is 0 Å². The van der Waals surface area contributed by atoms with Crippen LogP contribution in [0.15, 0.2) is 24.4 Å². The Morgan fingerprint density at radius 2 is 2.23 bits per heavy atom. The number of primary amides is 1. The van der Waals surface area contributed by atoms with Crippen molar-refractivity contribution >= 4 is 22.7 Å². The maximum atomic E-state index is 11.7. The van der Waals surface area contributed by atoms with Gasteiger partial charge in [-0.25, -0.2) is 9.78 Å². The highest BCUT2D eigenvalue weighted by Crippen LogP contribution is 2.31. The number of likely N-dealkylation sites (N-methyl/N-ethyl adjacent to an activating group) is 1. The minimum Gasteiger partial charge on any atom is -0.490 e. The quantitative estimate of drug-likeness (QED) is 0.814. The number of hydrogen-bond donors (Lipinski definition) is 2. The molecule has 1 aliphatic rings. The van der Waals surface area contributed by atoms with Gasteiger partial charge in [0.1, 0.15) is 12.4 Å². The van der Waals surface area contributed by atoms with Gasteiger partial charge in [-0.2, -0.15) is 0 Å². The molecule has 1 unspecified atom stereocenters. The molecule has 3 rings (SSSR count). The number of ether oxygens (including phenoxy) is 2. The van der Waals surface area contributed by atoms with Crippen molar-refractivity contribution in [3.8, 4) is 11.6 Å². The molecule has 1 aromatic heterocycles. The maximum absolute atomic E-state index is 11.7. The van der Waals surface area contributed by atoms with Crippen molar-refractivity contribution in [2.45, 2.75) is 26.0 Å². The van der Waals surface area contributed by atoms with Crippen LogP contribution in [0.1, 0.15) is 24.2 Å². The number of fused-ring (bicyclic) bond motifs is 1. The van der Waals surface area contributed by atoms with Crippen LogP contribution in [0.2, 0.25) is 0 Å². The van der Waals surface area contributed by atoms with E-state index in [1.807, 2.05) is 13.8 Å². The average Bonchev–Trinajstić information content (AvgIpc) is 2.89. The number of urea groups is 1. The summed E-state index contributed by atoms with van der Waals surface area (Å²) in [6, 6.07) is 4.94. The van der Waals surface area contributed by atoms with Crippen LogP contribution in [-0.4, -0.2) is 54.2 Å². The largest absolute Gasteiger partial charge is 0.490 e. The molecule has 0 spiro atoms. The van der Waals surface area contributed by atoms with E-state index in [0.29, 0.717) is 35.7 Å². The molecule has 0 aliphatic carbocycles. The van der Waals surface area contributed by atoms with Crippen molar-refractivity contribution in [3.63, 3.8) is 0 Å². The van der Waals surface area contributed by atoms with E-state index < -0.39 is 5.91 Å². The Kier molecular flexibility index (Phi) is 4.83. The lowest BCUT2D eigenvalue weighted by Crippen LogP contribution is -2.32. The molecule has 1 fully saturated rings. The number of aromatic nitrogens is 1. The number of nitrogens with zero attached hydrogens (tertiary/aromatic N) is 2. The van der Waals surface area contributed by atoms with E-state index in [9.17, 15) is 9.59 Å². The fourth-order valence-corrected chi connectivity index (χ4v) is 2.85. The third-order valence-electron chi connectivity index (χ3n) is 4.05. The summed E-state index contributed by atoms with van der Waals surface area (Å²) in [7, 11) is 1.73. The summed E-state index contributed by atoms with van der Waals surface area (Å²) in [6.45, 7) is 4.60. The third-order valence-corrected chi connectivity index (χ3v) is 4.05. The molecule has 26 heavy (non-hydrogen) atoms. The minimum absolute atomic E-state index is 0.110. The first kappa shape index (κ1) is 17.8. The van der Waals surface area contributed by atoms with Crippen LogP contribution in [0.5, 0.6) is 11.6 Å². The molecule has 0 saturated carbocycles. The van der Waals surface area contributed by atoms with Crippen LogP contribution < -0.4 is 20.5 Å². The lowest BCUT2D eigenvalue weighted by molar-refractivity contribution is 0.0994. The van der Waals surface area contributed by atoms with Crippen LogP contribution in [-0.2, 0) is 0 Å². The average molecular weight is 358 g/mol. The number of rotatable bonds is 6. The second kappa shape index (κ2) is 7.07. The summed E-state index contributed by atoms with van der Waals surface area (Å²) >= 11 is 0. The molecule has 1 aliphatic heterocycles. The van der Waals surface area contributed by atoms with Gasteiger partial charge in [-0.05, 0) is 37.4 Å². The van der Waals surface area contributed by atoms with Gasteiger partial charge in [0.15, 0.2) is 0 Å². The number of nitrogens with one attached hydrogen (secondary N) is 1. The van der Waals surface area contributed by atoms with Gasteiger partial charge >= 0.3 is 6.03 Å². The smallest absolute Gasteiger partial charge is 0.317 e. The van der Waals surface area contributed by atoms with Crippen LogP contribution in [0.3, 0.4) is 0 Å². The zero-order valence-electron chi connectivity index (χ0n) is 15.0. The fourth-order valence-electron chi connectivity index (χ4n) is 2.85. The Hall–Kier alpha value is -3.03. The summed E-state index contributed by atoms with van der Waals surface area (Å²) in [5.41, 5.74) is 5.79. The van der Waals surface area contributed by atoms with E-state index >= 15 is 0 Å². The van der Waals surface area contributed by atoms with Gasteiger partial charge < -0.3 is 25.4 Å². The first-order valence-electron chi connectivity index (χ1n) is 8.38. The molecule has 3 N–H and O–H groups in total. The molecule has 8 heteroatoms. The third kappa shape index (κ3) is 3.63. The molecular formula is C18H22N4O4. The molecule has 138 valence electrons. The first-order chi connectivity index (χ1) is 12.3. The fraction of sp³-hybridized carbons (Fsp3) is 0.389. The van der Waals surface area contributed by atoms with Crippen molar-refractivity contribution in [3.05, 3.63) is 30.0 Å². The Balaban J connectivity index is 1.90. The number of benzene rings is 1. The number of hydrogen-bond acceptors (Lipinski definition) is 5. The van der Waals surface area contributed by atoms with Gasteiger partial charge in [0.2, 0.25) is 5.88 Å². The Bertz CT molecular complexity index is 852. The lowest BCUT2D eigenvalue weighted by atomic mass is 10.1. The molecule has 1 atom stereocenters. The Morgan fingerprint density at radius 3 is 2.85 bits per heavy atom. The number of amides is 3. The van der Waals surface area contributed by atoms with Gasteiger partial charge in [-0.1, -0.05) is 0 Å². The second-order valence-electron chi connectivity index (χ2n) is 6.55. The molecular weight excluding hydrogens is 336 g/mol. The summed E-state index contributed by atoms with van der Waals surface area (Å²) in [6.07, 6.45) is 1.49. The summed E-state index contributed by atoms with van der Waals surface area (Å²) in [5.74, 6) is 0.251. The Labute approximate surface area is 151 Å². The van der Waals surface area contributed by atoms with E-state index in [4.69, 9.17) is 15.2 Å². The van der Waals surface area contributed by atoms with Crippen LogP contribution in [0.4, 0.5) is 4.79 Å². The molecule has 1 aromatic carbocycles. The first-order valence-corrected chi connectivity index (χ1v) is 8.38. The van der Waals surface area contributed by atoms with Crippen LogP contribution in [0, 0.1) is 0 Å². The molecule has 2 aromatic rings. The van der Waals surface area contributed by atoms with Crippen molar-refractivity contribution < 1.29 is 19.1 Å². The van der Waals surface area contributed by atoms with E-state index in [2.05, 4.69) is 10.3 Å².